The molecular formula is C17H26N2O4. The molecule has 1 saturated heterocycles. The van der Waals surface area contributed by atoms with Crippen molar-refractivity contribution in [3.05, 3.63) is 24.2 Å². The minimum Gasteiger partial charge on any atom is -0.461 e. The van der Waals surface area contributed by atoms with E-state index in [1.807, 2.05) is 20.8 Å². The smallest absolute Gasteiger partial charge is 0.410 e. The van der Waals surface area contributed by atoms with Gasteiger partial charge in [-0.25, -0.2) is 4.79 Å². The van der Waals surface area contributed by atoms with E-state index in [2.05, 4.69) is 5.32 Å². The van der Waals surface area contributed by atoms with Gasteiger partial charge in [-0.1, -0.05) is 0 Å². The number of amides is 1. The molecule has 6 nitrogen and oxygen atoms in total. The van der Waals surface area contributed by atoms with E-state index in [1.54, 1.807) is 17.0 Å². The number of nitrogens with one attached hydrogen (secondary N) is 1. The van der Waals surface area contributed by atoms with E-state index in [1.165, 1.54) is 6.26 Å². The molecule has 0 aliphatic carbocycles. The molecule has 1 aromatic heterocycles. The zero-order valence-electron chi connectivity index (χ0n) is 14.1. The Morgan fingerprint density at radius 3 is 2.83 bits per heavy atom. The second-order valence-electron chi connectivity index (χ2n) is 6.85. The number of hydrogen-bond acceptors (Lipinski definition) is 5. The Bertz CT molecular complexity index is 519. The average Bonchev–Trinajstić information content (AvgIpc) is 3.00. The van der Waals surface area contributed by atoms with Crippen molar-refractivity contribution in [2.45, 2.75) is 51.7 Å². The van der Waals surface area contributed by atoms with E-state index in [-0.39, 0.29) is 24.5 Å². The van der Waals surface area contributed by atoms with Gasteiger partial charge in [0.05, 0.1) is 12.8 Å². The van der Waals surface area contributed by atoms with Crippen molar-refractivity contribution in [3.8, 4) is 0 Å². The van der Waals surface area contributed by atoms with Gasteiger partial charge >= 0.3 is 6.09 Å². The number of likely N-dealkylation sites (tertiary alicyclic amines) is 1. The molecule has 0 radical (unpaired) electrons. The third-order valence-electron chi connectivity index (χ3n) is 3.72. The maximum Gasteiger partial charge on any atom is 0.410 e. The maximum atomic E-state index is 12.3. The topological polar surface area (TPSA) is 71.8 Å². The molecule has 23 heavy (non-hydrogen) atoms. The lowest BCUT2D eigenvalue weighted by Crippen LogP contribution is -2.50. The van der Waals surface area contributed by atoms with Crippen molar-refractivity contribution in [2.75, 3.05) is 19.6 Å². The molecule has 0 unspecified atom stereocenters. The highest BCUT2D eigenvalue weighted by Crippen LogP contribution is 2.20. The van der Waals surface area contributed by atoms with Crippen LogP contribution in [0.3, 0.4) is 0 Å². The number of Topliss-reactive ketones (excluding diaryl/α,β-unsaturated/α-hetero) is 1. The first kappa shape index (κ1) is 17.5. The Hall–Kier alpha value is -1.82. The number of piperidine rings is 1. The normalized spacial score (nSPS) is 18.7. The maximum absolute atomic E-state index is 12.3. The van der Waals surface area contributed by atoms with Crippen LogP contribution in [0.4, 0.5) is 4.79 Å². The van der Waals surface area contributed by atoms with E-state index >= 15 is 0 Å². The molecule has 1 fully saturated rings. The van der Waals surface area contributed by atoms with Crippen molar-refractivity contribution in [1.82, 2.24) is 10.2 Å². The number of carbonyl (C=O) groups is 2. The average molecular weight is 322 g/mol. The minimum atomic E-state index is -0.498. The number of nitrogens with zero attached hydrogens (tertiary/aromatic N) is 1. The number of furan rings is 1. The van der Waals surface area contributed by atoms with Crippen LogP contribution in [0.15, 0.2) is 22.8 Å². The minimum absolute atomic E-state index is 0.0583. The summed E-state index contributed by atoms with van der Waals surface area (Å²) in [5, 5.41) is 3.13. The van der Waals surface area contributed by atoms with E-state index in [4.69, 9.17) is 9.15 Å². The highest BCUT2D eigenvalue weighted by molar-refractivity contribution is 5.94. The molecule has 1 aliphatic heterocycles. The predicted octanol–water partition coefficient (Wildman–Crippen LogP) is 2.84. The molecular weight excluding hydrogens is 296 g/mol. The van der Waals surface area contributed by atoms with Crippen molar-refractivity contribution >= 4 is 11.9 Å². The third kappa shape index (κ3) is 5.39. The van der Waals surface area contributed by atoms with Crippen molar-refractivity contribution in [2.24, 2.45) is 0 Å². The lowest BCUT2D eigenvalue weighted by Gasteiger charge is -2.36. The fourth-order valence-corrected chi connectivity index (χ4v) is 2.65. The van der Waals surface area contributed by atoms with Gasteiger partial charge in [-0.2, -0.15) is 0 Å². The van der Waals surface area contributed by atoms with E-state index in [0.717, 1.165) is 19.3 Å². The fourth-order valence-electron chi connectivity index (χ4n) is 2.65. The zero-order chi connectivity index (χ0) is 16.9. The summed E-state index contributed by atoms with van der Waals surface area (Å²) in [6.45, 7) is 7.07. The molecule has 1 atom stereocenters. The van der Waals surface area contributed by atoms with Gasteiger partial charge in [-0.15, -0.1) is 0 Å². The standard InChI is InChI=1S/C17H26N2O4/c1-17(2,3)23-16(21)19-9-5-4-7-13(19)11-18-12-14(20)15-8-6-10-22-15/h6,8,10,13,18H,4-5,7,9,11-12H2,1-3H3/t13-/m0/s1. The quantitative estimate of drug-likeness (QED) is 0.844. The summed E-state index contributed by atoms with van der Waals surface area (Å²) in [6, 6.07) is 3.40. The molecule has 2 heterocycles. The summed E-state index contributed by atoms with van der Waals surface area (Å²) < 4.78 is 10.5. The van der Waals surface area contributed by atoms with E-state index < -0.39 is 5.60 Å². The highest BCUT2D eigenvalue weighted by atomic mass is 16.6. The van der Waals surface area contributed by atoms with Crippen molar-refractivity contribution in [3.63, 3.8) is 0 Å². The third-order valence-corrected chi connectivity index (χ3v) is 3.72. The Kier molecular flexibility index (Phi) is 5.82. The van der Waals surface area contributed by atoms with Crippen LogP contribution in [0.2, 0.25) is 0 Å². The van der Waals surface area contributed by atoms with Crippen LogP contribution in [-0.4, -0.2) is 48.1 Å². The molecule has 6 heteroatoms. The Morgan fingerprint density at radius 2 is 2.17 bits per heavy atom. The van der Waals surface area contributed by atoms with Gasteiger partial charge in [0.25, 0.3) is 0 Å². The Balaban J connectivity index is 1.84. The number of rotatable bonds is 5. The molecule has 1 N–H and O–H groups in total. The Labute approximate surface area is 137 Å². The van der Waals surface area contributed by atoms with Gasteiger partial charge in [0.15, 0.2) is 5.76 Å². The summed E-state index contributed by atoms with van der Waals surface area (Å²) in [4.78, 5) is 26.0. The van der Waals surface area contributed by atoms with Gasteiger partial charge in [-0.05, 0) is 52.2 Å². The summed E-state index contributed by atoms with van der Waals surface area (Å²) in [5.74, 6) is 0.264. The van der Waals surface area contributed by atoms with Crippen LogP contribution in [0.1, 0.15) is 50.6 Å². The zero-order valence-corrected chi connectivity index (χ0v) is 14.1. The lowest BCUT2D eigenvalue weighted by atomic mass is 10.0. The van der Waals surface area contributed by atoms with Crippen LogP contribution in [0.25, 0.3) is 0 Å². The Morgan fingerprint density at radius 1 is 1.39 bits per heavy atom. The van der Waals surface area contributed by atoms with E-state index in [0.29, 0.717) is 18.8 Å². The monoisotopic (exact) mass is 322 g/mol. The molecule has 1 aromatic rings. The van der Waals surface area contributed by atoms with Gasteiger partial charge in [0.1, 0.15) is 5.60 Å². The first-order chi connectivity index (χ1) is 10.9. The van der Waals surface area contributed by atoms with Gasteiger partial charge < -0.3 is 19.4 Å². The fraction of sp³-hybridized carbons (Fsp3) is 0.647. The predicted molar refractivity (Wildman–Crippen MR) is 86.5 cm³/mol. The molecule has 0 aromatic carbocycles. The summed E-state index contributed by atoms with van der Waals surface area (Å²) in [7, 11) is 0. The lowest BCUT2D eigenvalue weighted by molar-refractivity contribution is 0.0101. The molecule has 2 rings (SSSR count). The molecule has 1 aliphatic rings. The first-order valence-electron chi connectivity index (χ1n) is 8.14. The molecule has 0 spiro atoms. The summed E-state index contributed by atoms with van der Waals surface area (Å²) in [5.41, 5.74) is -0.498. The van der Waals surface area contributed by atoms with Crippen LogP contribution in [0, 0.1) is 0 Å². The SMILES string of the molecule is CC(C)(C)OC(=O)N1CCCC[C@H]1CNCC(=O)c1ccco1. The number of ether oxygens (including phenoxy) is 1. The largest absolute Gasteiger partial charge is 0.461 e. The highest BCUT2D eigenvalue weighted by Gasteiger charge is 2.30. The van der Waals surface area contributed by atoms with Crippen LogP contribution >= 0.6 is 0 Å². The van der Waals surface area contributed by atoms with Crippen LogP contribution in [0.5, 0.6) is 0 Å². The number of carbonyl (C=O) groups excluding carboxylic acids is 2. The van der Waals surface area contributed by atoms with Crippen molar-refractivity contribution < 1.29 is 18.7 Å². The van der Waals surface area contributed by atoms with E-state index in [9.17, 15) is 9.59 Å². The molecule has 0 saturated carbocycles. The van der Waals surface area contributed by atoms with Crippen LogP contribution in [-0.2, 0) is 4.74 Å². The molecule has 0 bridgehead atoms. The van der Waals surface area contributed by atoms with Crippen LogP contribution < -0.4 is 5.32 Å². The van der Waals surface area contributed by atoms with Gasteiger partial charge in [0.2, 0.25) is 5.78 Å². The van der Waals surface area contributed by atoms with Gasteiger partial charge in [-0.3, -0.25) is 4.79 Å². The summed E-state index contributed by atoms with van der Waals surface area (Å²) >= 11 is 0. The van der Waals surface area contributed by atoms with Crippen molar-refractivity contribution in [1.29, 1.82) is 0 Å². The number of hydrogen-bond donors (Lipinski definition) is 1. The first-order valence-corrected chi connectivity index (χ1v) is 8.14. The summed E-state index contributed by atoms with van der Waals surface area (Å²) in [6.07, 6.45) is 4.19. The molecule has 1 amide bonds. The molecule has 128 valence electrons. The number of ketones is 1. The second-order valence-corrected chi connectivity index (χ2v) is 6.85. The van der Waals surface area contributed by atoms with Gasteiger partial charge in [0, 0.05) is 19.1 Å². The second kappa shape index (κ2) is 7.64.